The van der Waals surface area contributed by atoms with Crippen molar-refractivity contribution in [2.45, 2.75) is 17.4 Å². The van der Waals surface area contributed by atoms with Crippen molar-refractivity contribution in [3.8, 4) is 0 Å². The first-order valence-corrected chi connectivity index (χ1v) is 11.2. The van der Waals surface area contributed by atoms with Crippen LogP contribution >= 0.6 is 27.3 Å². The van der Waals surface area contributed by atoms with E-state index in [1.807, 2.05) is 36.5 Å². The number of hydrogen-bond donors (Lipinski definition) is 2. The summed E-state index contributed by atoms with van der Waals surface area (Å²) in [5, 5.41) is 4.88. The molecule has 1 atom stereocenters. The Balaban J connectivity index is 1.81. The SMILES string of the molecule is CN(C)C(CNC(=O)CCNS(=O)(=O)c1cccc(Br)c1)c1cccs1. The van der Waals surface area contributed by atoms with E-state index >= 15 is 0 Å². The van der Waals surface area contributed by atoms with Gasteiger partial charge >= 0.3 is 0 Å². The van der Waals surface area contributed by atoms with Gasteiger partial charge in [-0.25, -0.2) is 13.1 Å². The number of hydrogen-bond acceptors (Lipinski definition) is 5. The average Bonchev–Trinajstić information content (AvgIpc) is 3.08. The lowest BCUT2D eigenvalue weighted by Gasteiger charge is -2.23. The molecule has 1 aromatic heterocycles. The van der Waals surface area contributed by atoms with Crippen molar-refractivity contribution >= 4 is 43.2 Å². The Kier molecular flexibility index (Phi) is 7.78. The van der Waals surface area contributed by atoms with E-state index < -0.39 is 10.0 Å². The highest BCUT2D eigenvalue weighted by Gasteiger charge is 2.17. The fourth-order valence-corrected chi connectivity index (χ4v) is 4.88. The molecular weight excluding hydrogens is 438 g/mol. The molecule has 0 aliphatic rings. The number of thiophene rings is 1. The fourth-order valence-electron chi connectivity index (χ4n) is 2.33. The van der Waals surface area contributed by atoms with E-state index in [-0.39, 0.29) is 29.8 Å². The zero-order chi connectivity index (χ0) is 19.2. The van der Waals surface area contributed by atoms with Crippen LogP contribution in [0.2, 0.25) is 0 Å². The number of sulfonamides is 1. The van der Waals surface area contributed by atoms with Crippen molar-refractivity contribution in [1.82, 2.24) is 14.9 Å². The molecule has 0 saturated heterocycles. The molecule has 142 valence electrons. The molecule has 1 unspecified atom stereocenters. The molecule has 0 bridgehead atoms. The first kappa shape index (κ1) is 21.0. The maximum Gasteiger partial charge on any atom is 0.240 e. The quantitative estimate of drug-likeness (QED) is 0.603. The normalized spacial score (nSPS) is 12.9. The van der Waals surface area contributed by atoms with E-state index in [9.17, 15) is 13.2 Å². The van der Waals surface area contributed by atoms with Gasteiger partial charge in [-0.05, 0) is 43.7 Å². The van der Waals surface area contributed by atoms with E-state index in [4.69, 9.17) is 0 Å². The lowest BCUT2D eigenvalue weighted by molar-refractivity contribution is -0.121. The van der Waals surface area contributed by atoms with Crippen LogP contribution in [0.3, 0.4) is 0 Å². The molecule has 26 heavy (non-hydrogen) atoms. The van der Waals surface area contributed by atoms with Crippen LogP contribution in [0.5, 0.6) is 0 Å². The van der Waals surface area contributed by atoms with Crippen LogP contribution < -0.4 is 10.0 Å². The molecule has 2 rings (SSSR count). The molecule has 0 aliphatic heterocycles. The third-order valence-corrected chi connectivity index (χ3v) is 6.66. The van der Waals surface area contributed by atoms with Crippen LogP contribution in [0, 0.1) is 0 Å². The van der Waals surface area contributed by atoms with Gasteiger partial charge < -0.3 is 10.2 Å². The molecule has 1 heterocycles. The molecule has 9 heteroatoms. The molecule has 0 spiro atoms. The smallest absolute Gasteiger partial charge is 0.240 e. The minimum atomic E-state index is -3.63. The van der Waals surface area contributed by atoms with Crippen LogP contribution in [0.15, 0.2) is 51.1 Å². The Hall–Kier alpha value is -1.26. The van der Waals surface area contributed by atoms with E-state index in [1.54, 1.807) is 23.5 Å². The number of likely N-dealkylation sites (N-methyl/N-ethyl adjacent to an activating group) is 1. The highest BCUT2D eigenvalue weighted by Crippen LogP contribution is 2.22. The minimum absolute atomic E-state index is 0.0479. The molecule has 0 fully saturated rings. The van der Waals surface area contributed by atoms with Crippen molar-refractivity contribution in [3.05, 3.63) is 51.1 Å². The Labute approximate surface area is 166 Å². The van der Waals surface area contributed by atoms with E-state index in [0.717, 1.165) is 0 Å². The number of halogens is 1. The first-order chi connectivity index (χ1) is 12.3. The monoisotopic (exact) mass is 459 g/mol. The zero-order valence-electron chi connectivity index (χ0n) is 14.6. The Morgan fingerprint density at radius 1 is 1.27 bits per heavy atom. The first-order valence-electron chi connectivity index (χ1n) is 8.01. The van der Waals surface area contributed by atoms with Gasteiger partial charge in [-0.2, -0.15) is 0 Å². The van der Waals surface area contributed by atoms with Crippen LogP contribution in [-0.4, -0.2) is 46.4 Å². The summed E-state index contributed by atoms with van der Waals surface area (Å²) in [5.41, 5.74) is 0. The van der Waals surface area contributed by atoms with Crippen LogP contribution in [-0.2, 0) is 14.8 Å². The summed E-state index contributed by atoms with van der Waals surface area (Å²) in [4.78, 5) is 15.4. The molecule has 2 N–H and O–H groups in total. The van der Waals surface area contributed by atoms with Gasteiger partial charge in [0.15, 0.2) is 0 Å². The number of benzene rings is 1. The van der Waals surface area contributed by atoms with E-state index in [1.165, 1.54) is 17.0 Å². The predicted molar refractivity (Wildman–Crippen MR) is 108 cm³/mol. The van der Waals surface area contributed by atoms with Gasteiger partial charge in [0.25, 0.3) is 0 Å². The highest BCUT2D eigenvalue weighted by molar-refractivity contribution is 9.10. The second-order valence-electron chi connectivity index (χ2n) is 5.90. The van der Waals surface area contributed by atoms with Gasteiger partial charge in [-0.3, -0.25) is 4.79 Å². The Morgan fingerprint density at radius 2 is 2.04 bits per heavy atom. The van der Waals surface area contributed by atoms with Crippen LogP contribution in [0.4, 0.5) is 0 Å². The van der Waals surface area contributed by atoms with Crippen molar-refractivity contribution in [2.24, 2.45) is 0 Å². The van der Waals surface area contributed by atoms with Crippen LogP contribution in [0.1, 0.15) is 17.3 Å². The largest absolute Gasteiger partial charge is 0.354 e. The van der Waals surface area contributed by atoms with Gasteiger partial charge in [-0.15, -0.1) is 11.3 Å². The third kappa shape index (κ3) is 6.17. The summed E-state index contributed by atoms with van der Waals surface area (Å²) in [6.07, 6.45) is 0.0812. The number of nitrogens with zero attached hydrogens (tertiary/aromatic N) is 1. The minimum Gasteiger partial charge on any atom is -0.354 e. The molecule has 2 aromatic rings. The molecule has 0 radical (unpaired) electrons. The summed E-state index contributed by atoms with van der Waals surface area (Å²) < 4.78 is 27.6. The molecule has 1 amide bonds. The summed E-state index contributed by atoms with van der Waals surface area (Å²) in [5.74, 6) is -0.189. The molecule has 6 nitrogen and oxygen atoms in total. The number of carbonyl (C=O) groups is 1. The third-order valence-electron chi connectivity index (χ3n) is 3.74. The van der Waals surface area contributed by atoms with Crippen molar-refractivity contribution in [2.75, 3.05) is 27.2 Å². The number of rotatable bonds is 9. The average molecular weight is 460 g/mol. The molecular formula is C17H22BrN3O3S2. The van der Waals surface area contributed by atoms with Crippen LogP contribution in [0.25, 0.3) is 0 Å². The summed E-state index contributed by atoms with van der Waals surface area (Å²) in [6.45, 7) is 0.525. The Bertz CT molecular complexity index is 824. The zero-order valence-corrected chi connectivity index (χ0v) is 17.8. The maximum absolute atomic E-state index is 12.2. The van der Waals surface area contributed by atoms with Gasteiger partial charge in [0.05, 0.1) is 10.9 Å². The van der Waals surface area contributed by atoms with E-state index in [2.05, 4.69) is 26.0 Å². The van der Waals surface area contributed by atoms with Gasteiger partial charge in [-0.1, -0.05) is 28.1 Å². The molecule has 0 saturated carbocycles. The second-order valence-corrected chi connectivity index (χ2v) is 9.57. The number of nitrogens with one attached hydrogen (secondary N) is 2. The highest BCUT2D eigenvalue weighted by atomic mass is 79.9. The maximum atomic E-state index is 12.2. The van der Waals surface area contributed by atoms with Gasteiger partial charge in [0.2, 0.25) is 15.9 Å². The molecule has 0 aliphatic carbocycles. The molecule has 1 aromatic carbocycles. The Morgan fingerprint density at radius 3 is 2.65 bits per heavy atom. The van der Waals surface area contributed by atoms with Crippen molar-refractivity contribution in [3.63, 3.8) is 0 Å². The van der Waals surface area contributed by atoms with Crippen molar-refractivity contribution < 1.29 is 13.2 Å². The van der Waals surface area contributed by atoms with Crippen molar-refractivity contribution in [1.29, 1.82) is 0 Å². The van der Waals surface area contributed by atoms with Gasteiger partial charge in [0, 0.05) is 28.9 Å². The van der Waals surface area contributed by atoms with E-state index in [0.29, 0.717) is 11.0 Å². The second kappa shape index (κ2) is 9.61. The number of carbonyl (C=O) groups excluding carboxylic acids is 1. The summed E-state index contributed by atoms with van der Waals surface area (Å²) >= 11 is 4.89. The lowest BCUT2D eigenvalue weighted by Crippen LogP contribution is -2.36. The predicted octanol–water partition coefficient (Wildman–Crippen LogP) is 2.60. The fraction of sp³-hybridized carbons (Fsp3) is 0.353. The van der Waals surface area contributed by atoms with Gasteiger partial charge in [0.1, 0.15) is 0 Å². The topological polar surface area (TPSA) is 78.5 Å². The lowest BCUT2D eigenvalue weighted by atomic mass is 10.2. The summed E-state index contributed by atoms with van der Waals surface area (Å²) in [7, 11) is 0.297. The standard InChI is InChI=1S/C17H22BrN3O3S2/c1-21(2)15(16-7-4-10-25-16)12-19-17(22)8-9-20-26(23,24)14-6-3-5-13(18)11-14/h3-7,10-11,15,20H,8-9,12H2,1-2H3,(H,19,22). The number of amides is 1. The summed E-state index contributed by atoms with van der Waals surface area (Å²) in [6, 6.07) is 10.5.